The van der Waals surface area contributed by atoms with Gasteiger partial charge in [-0.05, 0) is 57.9 Å². The zero-order valence-corrected chi connectivity index (χ0v) is 22.1. The highest BCUT2D eigenvalue weighted by Gasteiger charge is 2.14. The first-order valence-electron chi connectivity index (χ1n) is 11.4. The first kappa shape index (κ1) is 24.7. The van der Waals surface area contributed by atoms with E-state index in [0.717, 1.165) is 15.6 Å². The number of methoxy groups -OCH3 is 1. The average Bonchev–Trinajstić information content (AvgIpc) is 2.93. The molecule has 1 heterocycles. The van der Waals surface area contributed by atoms with Gasteiger partial charge in [0.15, 0.2) is 17.3 Å². The number of hydrogen-bond acceptors (Lipinski definition) is 5. The zero-order valence-electron chi connectivity index (χ0n) is 19.8. The Kier molecular flexibility index (Phi) is 7.35. The zero-order chi connectivity index (χ0) is 25.8. The van der Waals surface area contributed by atoms with Gasteiger partial charge < -0.3 is 9.47 Å². The average molecular weight is 575 g/mol. The molecule has 0 aliphatic carbocycles. The molecular weight excluding hydrogens is 554 g/mol. The predicted octanol–water partition coefficient (Wildman–Crippen LogP) is 6.95. The molecule has 0 N–H and O–H groups in total. The summed E-state index contributed by atoms with van der Waals surface area (Å²) in [5, 5.41) is 5.71. The van der Waals surface area contributed by atoms with Crippen molar-refractivity contribution >= 4 is 44.6 Å². The van der Waals surface area contributed by atoms with Crippen molar-refractivity contribution in [2.75, 3.05) is 7.11 Å². The molecule has 6 nitrogen and oxygen atoms in total. The second-order valence-electron chi connectivity index (χ2n) is 8.12. The first-order chi connectivity index (χ1) is 18.0. The number of rotatable bonds is 7. The van der Waals surface area contributed by atoms with E-state index in [0.29, 0.717) is 45.4 Å². The van der Waals surface area contributed by atoms with Crippen LogP contribution in [0.1, 0.15) is 11.1 Å². The van der Waals surface area contributed by atoms with Crippen LogP contribution in [-0.4, -0.2) is 23.0 Å². The highest BCUT2D eigenvalue weighted by atomic mass is 79.9. The lowest BCUT2D eigenvalue weighted by Crippen LogP contribution is -2.20. The van der Waals surface area contributed by atoms with Crippen LogP contribution >= 0.6 is 27.5 Å². The molecule has 0 aliphatic rings. The van der Waals surface area contributed by atoms with E-state index in [1.165, 1.54) is 4.68 Å². The summed E-state index contributed by atoms with van der Waals surface area (Å²) in [4.78, 5) is 18.1. The van der Waals surface area contributed by atoms with Gasteiger partial charge in [-0.1, -0.05) is 66.2 Å². The fourth-order valence-electron chi connectivity index (χ4n) is 3.79. The van der Waals surface area contributed by atoms with Gasteiger partial charge in [0, 0.05) is 20.6 Å². The second-order valence-corrected chi connectivity index (χ2v) is 9.41. The van der Waals surface area contributed by atoms with E-state index < -0.39 is 0 Å². The maximum Gasteiger partial charge on any atom is 0.282 e. The molecular formula is C29H21BrClN3O3. The van der Waals surface area contributed by atoms with Gasteiger partial charge in [-0.2, -0.15) is 9.78 Å². The Morgan fingerprint density at radius 2 is 1.70 bits per heavy atom. The van der Waals surface area contributed by atoms with Crippen molar-refractivity contribution in [3.8, 4) is 22.9 Å². The van der Waals surface area contributed by atoms with Gasteiger partial charge >= 0.3 is 0 Å². The lowest BCUT2D eigenvalue weighted by atomic mass is 10.2. The van der Waals surface area contributed by atoms with E-state index in [1.54, 1.807) is 25.5 Å². The number of ether oxygens (including phenoxy) is 2. The number of aromatic nitrogens is 2. The van der Waals surface area contributed by atoms with Crippen molar-refractivity contribution in [2.24, 2.45) is 5.10 Å². The molecule has 0 unspecified atom stereocenters. The molecule has 8 heteroatoms. The molecule has 0 atom stereocenters. The van der Waals surface area contributed by atoms with Gasteiger partial charge in [-0.15, -0.1) is 0 Å². The quantitative estimate of drug-likeness (QED) is 0.197. The standard InChI is InChI=1S/C29H21BrClN3O3/c1-36-26-15-21(24(30)16-27(26)37-18-19-11-13-22(31)14-12-19)17-32-34-28(20-7-3-2-4-8-20)33-25-10-6-5-9-23(25)29(34)35/h2-17H,18H2,1H3. The Hall–Kier alpha value is -3.94. The van der Waals surface area contributed by atoms with Crippen molar-refractivity contribution in [1.82, 2.24) is 9.66 Å². The second kappa shape index (κ2) is 11.0. The van der Waals surface area contributed by atoms with Crippen molar-refractivity contribution in [3.05, 3.63) is 122 Å². The normalized spacial score (nSPS) is 11.2. The Labute approximate surface area is 226 Å². The fraction of sp³-hybridized carbons (Fsp3) is 0.0690. The predicted molar refractivity (Wildman–Crippen MR) is 151 cm³/mol. The summed E-state index contributed by atoms with van der Waals surface area (Å²) in [6.45, 7) is 0.353. The van der Waals surface area contributed by atoms with Crippen LogP contribution in [0, 0.1) is 0 Å². The number of benzene rings is 4. The molecule has 184 valence electrons. The highest BCUT2D eigenvalue weighted by Crippen LogP contribution is 2.33. The minimum atomic E-state index is -0.258. The Balaban J connectivity index is 1.51. The van der Waals surface area contributed by atoms with Gasteiger partial charge in [0.05, 0.1) is 24.2 Å². The molecule has 0 spiro atoms. The van der Waals surface area contributed by atoms with E-state index in [2.05, 4.69) is 21.0 Å². The summed E-state index contributed by atoms with van der Waals surface area (Å²) in [5.41, 5.74) is 2.82. The number of hydrogen-bond donors (Lipinski definition) is 0. The number of para-hydroxylation sites is 1. The Bertz CT molecular complexity index is 1650. The number of halogens is 2. The van der Waals surface area contributed by atoms with Crippen molar-refractivity contribution < 1.29 is 9.47 Å². The summed E-state index contributed by atoms with van der Waals surface area (Å²) in [6, 6.07) is 27.8. The lowest BCUT2D eigenvalue weighted by molar-refractivity contribution is 0.284. The molecule has 0 saturated carbocycles. The molecule has 0 saturated heterocycles. The molecule has 0 fully saturated rings. The third kappa shape index (κ3) is 5.43. The van der Waals surface area contributed by atoms with E-state index in [1.807, 2.05) is 78.9 Å². The molecule has 5 aromatic rings. The van der Waals surface area contributed by atoms with Crippen LogP contribution in [0.15, 0.2) is 105 Å². The van der Waals surface area contributed by atoms with Gasteiger partial charge in [0.1, 0.15) is 6.61 Å². The Morgan fingerprint density at radius 3 is 2.46 bits per heavy atom. The summed E-state index contributed by atoms with van der Waals surface area (Å²) in [6.07, 6.45) is 1.60. The number of nitrogens with zero attached hydrogens (tertiary/aromatic N) is 3. The van der Waals surface area contributed by atoms with Crippen molar-refractivity contribution in [3.63, 3.8) is 0 Å². The van der Waals surface area contributed by atoms with E-state index >= 15 is 0 Å². The Morgan fingerprint density at radius 1 is 0.973 bits per heavy atom. The summed E-state index contributed by atoms with van der Waals surface area (Å²) >= 11 is 9.56. The largest absolute Gasteiger partial charge is 0.493 e. The highest BCUT2D eigenvalue weighted by molar-refractivity contribution is 9.10. The maximum absolute atomic E-state index is 13.4. The van der Waals surface area contributed by atoms with Crippen LogP contribution in [0.4, 0.5) is 0 Å². The van der Waals surface area contributed by atoms with Crippen LogP contribution in [0.25, 0.3) is 22.3 Å². The lowest BCUT2D eigenvalue weighted by Gasteiger charge is -2.13. The fourth-order valence-corrected chi connectivity index (χ4v) is 4.34. The molecule has 4 aromatic carbocycles. The minimum Gasteiger partial charge on any atom is -0.493 e. The van der Waals surface area contributed by atoms with E-state index in [-0.39, 0.29) is 5.56 Å². The minimum absolute atomic E-state index is 0.258. The molecule has 5 rings (SSSR count). The van der Waals surface area contributed by atoms with Crippen LogP contribution in [0.2, 0.25) is 5.02 Å². The van der Waals surface area contributed by atoms with Crippen LogP contribution in [0.5, 0.6) is 11.5 Å². The SMILES string of the molecule is COc1cc(C=Nn2c(-c3ccccc3)nc3ccccc3c2=O)c(Br)cc1OCc1ccc(Cl)cc1. The molecule has 0 radical (unpaired) electrons. The third-order valence-electron chi connectivity index (χ3n) is 5.69. The van der Waals surface area contributed by atoms with Crippen LogP contribution in [0.3, 0.4) is 0 Å². The first-order valence-corrected chi connectivity index (χ1v) is 12.6. The molecule has 0 amide bonds. The van der Waals surface area contributed by atoms with Gasteiger partial charge in [0.25, 0.3) is 5.56 Å². The third-order valence-corrected chi connectivity index (χ3v) is 6.63. The summed E-state index contributed by atoms with van der Waals surface area (Å²) in [7, 11) is 1.57. The molecule has 37 heavy (non-hydrogen) atoms. The van der Waals surface area contributed by atoms with Crippen LogP contribution < -0.4 is 15.0 Å². The number of fused-ring (bicyclic) bond motifs is 1. The van der Waals surface area contributed by atoms with E-state index in [9.17, 15) is 4.79 Å². The van der Waals surface area contributed by atoms with Crippen molar-refractivity contribution in [1.29, 1.82) is 0 Å². The topological polar surface area (TPSA) is 65.7 Å². The van der Waals surface area contributed by atoms with E-state index in [4.69, 9.17) is 26.1 Å². The van der Waals surface area contributed by atoms with Crippen LogP contribution in [-0.2, 0) is 6.61 Å². The van der Waals surface area contributed by atoms with Gasteiger partial charge in [-0.25, -0.2) is 4.98 Å². The molecule has 0 bridgehead atoms. The molecule has 0 aliphatic heterocycles. The molecule has 1 aromatic heterocycles. The van der Waals surface area contributed by atoms with Crippen molar-refractivity contribution in [2.45, 2.75) is 6.61 Å². The summed E-state index contributed by atoms with van der Waals surface area (Å²) in [5.74, 6) is 1.55. The van der Waals surface area contributed by atoms with Gasteiger partial charge in [-0.3, -0.25) is 4.79 Å². The smallest absolute Gasteiger partial charge is 0.282 e. The van der Waals surface area contributed by atoms with Gasteiger partial charge in [0.2, 0.25) is 0 Å². The monoisotopic (exact) mass is 573 g/mol. The maximum atomic E-state index is 13.4. The summed E-state index contributed by atoms with van der Waals surface area (Å²) < 4.78 is 13.6.